The van der Waals surface area contributed by atoms with Gasteiger partial charge in [0.15, 0.2) is 0 Å². The van der Waals surface area contributed by atoms with Crippen LogP contribution >= 0.6 is 0 Å². The minimum Gasteiger partial charge on any atom is -0.460 e. The molecule has 2 aliphatic heterocycles. The fourth-order valence-electron chi connectivity index (χ4n) is 4.45. The van der Waals surface area contributed by atoms with Gasteiger partial charge in [-0.3, -0.25) is 9.69 Å². The van der Waals surface area contributed by atoms with Crippen LogP contribution in [0.15, 0.2) is 40.8 Å². The van der Waals surface area contributed by atoms with E-state index in [1.807, 2.05) is 6.07 Å². The average molecular weight is 372 g/mol. The monoisotopic (exact) mass is 372 g/mol. The van der Waals surface area contributed by atoms with Crippen LogP contribution in [0.4, 0.5) is 4.39 Å². The van der Waals surface area contributed by atoms with Crippen molar-refractivity contribution in [3.63, 3.8) is 0 Å². The molecule has 2 fully saturated rings. The Morgan fingerprint density at radius 3 is 2.81 bits per heavy atom. The summed E-state index contributed by atoms with van der Waals surface area (Å²) in [7, 11) is 0. The molecule has 1 unspecified atom stereocenters. The maximum atomic E-state index is 13.9. The van der Waals surface area contributed by atoms with Crippen LogP contribution in [0, 0.1) is 11.2 Å². The van der Waals surface area contributed by atoms with E-state index in [1.54, 1.807) is 29.2 Å². The number of rotatable bonds is 5. The first kappa shape index (κ1) is 18.2. The van der Waals surface area contributed by atoms with Gasteiger partial charge in [0.1, 0.15) is 17.3 Å². The van der Waals surface area contributed by atoms with E-state index in [9.17, 15) is 14.3 Å². The van der Waals surface area contributed by atoms with Crippen LogP contribution in [0.25, 0.3) is 11.3 Å². The van der Waals surface area contributed by atoms with Crippen LogP contribution in [0.3, 0.4) is 0 Å². The second-order valence-electron chi connectivity index (χ2n) is 7.61. The average Bonchev–Trinajstić information content (AvgIpc) is 3.28. The van der Waals surface area contributed by atoms with E-state index in [2.05, 4.69) is 4.90 Å². The minimum absolute atomic E-state index is 0.0107. The molecule has 2 aliphatic rings. The molecule has 2 saturated heterocycles. The Morgan fingerprint density at radius 2 is 2.00 bits per heavy atom. The lowest BCUT2D eigenvalue weighted by Crippen LogP contribution is -2.50. The number of halogens is 1. The quantitative estimate of drug-likeness (QED) is 0.877. The Balaban J connectivity index is 1.43. The Kier molecular flexibility index (Phi) is 5.02. The van der Waals surface area contributed by atoms with Crippen molar-refractivity contribution in [2.24, 2.45) is 5.41 Å². The van der Waals surface area contributed by atoms with E-state index >= 15 is 0 Å². The second-order valence-corrected chi connectivity index (χ2v) is 7.61. The third kappa shape index (κ3) is 3.51. The van der Waals surface area contributed by atoms with Gasteiger partial charge in [-0.1, -0.05) is 12.1 Å². The summed E-state index contributed by atoms with van der Waals surface area (Å²) in [5.74, 6) is 1.19. The third-order valence-electron chi connectivity index (χ3n) is 5.81. The standard InChI is InChI=1S/C21H25FN2O3/c22-18-5-2-1-4-17(18)19-7-6-16(27-19)14-23-11-9-21(15-23)8-3-10-24(12-13-25)20(21)26/h1-2,4-7,25H,3,8-15H2. The maximum Gasteiger partial charge on any atom is 0.230 e. The number of aliphatic hydroxyl groups is 1. The number of furan rings is 1. The van der Waals surface area contributed by atoms with Gasteiger partial charge in [0.25, 0.3) is 0 Å². The lowest BCUT2D eigenvalue weighted by Gasteiger charge is -2.39. The van der Waals surface area contributed by atoms with Crippen molar-refractivity contribution in [3.8, 4) is 11.3 Å². The zero-order valence-electron chi connectivity index (χ0n) is 15.4. The summed E-state index contributed by atoms with van der Waals surface area (Å²) in [5, 5.41) is 9.19. The van der Waals surface area contributed by atoms with Gasteiger partial charge in [-0.05, 0) is 50.1 Å². The molecular formula is C21H25FN2O3. The van der Waals surface area contributed by atoms with Crippen LogP contribution < -0.4 is 0 Å². The lowest BCUT2D eigenvalue weighted by atomic mass is 9.78. The summed E-state index contributed by atoms with van der Waals surface area (Å²) >= 11 is 0. The van der Waals surface area contributed by atoms with E-state index in [4.69, 9.17) is 4.42 Å². The highest BCUT2D eigenvalue weighted by atomic mass is 19.1. The van der Waals surface area contributed by atoms with Crippen LogP contribution in [-0.4, -0.2) is 53.6 Å². The molecule has 0 radical (unpaired) electrons. The van der Waals surface area contributed by atoms with Crippen LogP contribution in [-0.2, 0) is 11.3 Å². The predicted octanol–water partition coefficient (Wildman–Crippen LogP) is 2.89. The highest BCUT2D eigenvalue weighted by molar-refractivity contribution is 5.84. The van der Waals surface area contributed by atoms with Crippen LogP contribution in [0.2, 0.25) is 0 Å². The zero-order valence-corrected chi connectivity index (χ0v) is 15.4. The van der Waals surface area contributed by atoms with E-state index in [-0.39, 0.29) is 23.7 Å². The third-order valence-corrected chi connectivity index (χ3v) is 5.81. The fraction of sp³-hybridized carbons (Fsp3) is 0.476. The molecule has 1 atom stereocenters. The van der Waals surface area contributed by atoms with Crippen molar-refractivity contribution in [1.82, 2.24) is 9.80 Å². The van der Waals surface area contributed by atoms with E-state index in [0.717, 1.165) is 38.1 Å². The van der Waals surface area contributed by atoms with Crippen molar-refractivity contribution in [3.05, 3.63) is 48.0 Å². The Bertz CT molecular complexity index is 819. The number of hydrogen-bond acceptors (Lipinski definition) is 4. The van der Waals surface area contributed by atoms with Crippen molar-refractivity contribution in [1.29, 1.82) is 0 Å². The van der Waals surface area contributed by atoms with Gasteiger partial charge in [-0.2, -0.15) is 0 Å². The molecular weight excluding hydrogens is 347 g/mol. The second kappa shape index (κ2) is 7.44. The molecule has 0 bridgehead atoms. The normalized spacial score (nSPS) is 23.5. The number of nitrogens with zero attached hydrogens (tertiary/aromatic N) is 2. The molecule has 4 rings (SSSR count). The fourth-order valence-corrected chi connectivity index (χ4v) is 4.45. The number of carbonyl (C=O) groups excluding carboxylic acids is 1. The number of benzene rings is 1. The zero-order chi connectivity index (χ0) is 18.9. The highest BCUT2D eigenvalue weighted by Crippen LogP contribution is 2.40. The number of hydrogen-bond donors (Lipinski definition) is 1. The van der Waals surface area contributed by atoms with E-state index in [0.29, 0.717) is 31.0 Å². The SMILES string of the molecule is O=C1N(CCO)CCCC12CCN(Cc1ccc(-c3ccccc3F)o1)C2. The number of amides is 1. The summed E-state index contributed by atoms with van der Waals surface area (Å²) in [4.78, 5) is 16.9. The molecule has 1 N–H and O–H groups in total. The van der Waals surface area contributed by atoms with Gasteiger partial charge in [0.2, 0.25) is 5.91 Å². The van der Waals surface area contributed by atoms with Gasteiger partial charge in [0.05, 0.1) is 24.1 Å². The number of β-amino-alcohol motifs (C(OH)–C–C–N with tert-alkyl or cyclic N) is 1. The van der Waals surface area contributed by atoms with Gasteiger partial charge in [-0.15, -0.1) is 0 Å². The van der Waals surface area contributed by atoms with Crippen molar-refractivity contribution in [2.75, 3.05) is 32.8 Å². The molecule has 5 nitrogen and oxygen atoms in total. The molecule has 1 aromatic carbocycles. The van der Waals surface area contributed by atoms with Gasteiger partial charge in [-0.25, -0.2) is 4.39 Å². The Morgan fingerprint density at radius 1 is 1.15 bits per heavy atom. The first-order chi connectivity index (χ1) is 13.1. The lowest BCUT2D eigenvalue weighted by molar-refractivity contribution is -0.146. The van der Waals surface area contributed by atoms with Crippen molar-refractivity contribution >= 4 is 5.91 Å². The summed E-state index contributed by atoms with van der Waals surface area (Å²) < 4.78 is 19.8. The largest absolute Gasteiger partial charge is 0.460 e. The number of likely N-dealkylation sites (tertiary alicyclic amines) is 2. The van der Waals surface area contributed by atoms with Crippen LogP contribution in [0.5, 0.6) is 0 Å². The molecule has 144 valence electrons. The Labute approximate surface area is 158 Å². The highest BCUT2D eigenvalue weighted by Gasteiger charge is 2.48. The summed E-state index contributed by atoms with van der Waals surface area (Å²) in [6.07, 6.45) is 2.73. The van der Waals surface area contributed by atoms with Gasteiger partial charge in [0, 0.05) is 19.6 Å². The molecule has 2 aromatic rings. The minimum atomic E-state index is -0.325. The summed E-state index contributed by atoms with van der Waals surface area (Å²) in [5.41, 5.74) is 0.137. The van der Waals surface area contributed by atoms with E-state index in [1.165, 1.54) is 6.07 Å². The van der Waals surface area contributed by atoms with E-state index < -0.39 is 0 Å². The molecule has 0 aliphatic carbocycles. The first-order valence-electron chi connectivity index (χ1n) is 9.57. The number of carbonyl (C=O) groups is 1. The topological polar surface area (TPSA) is 56.9 Å². The number of aliphatic hydroxyl groups excluding tert-OH is 1. The Hall–Kier alpha value is -2.18. The smallest absolute Gasteiger partial charge is 0.230 e. The predicted molar refractivity (Wildman–Crippen MR) is 99.3 cm³/mol. The molecule has 6 heteroatoms. The summed E-state index contributed by atoms with van der Waals surface area (Å²) in [6.45, 7) is 3.34. The van der Waals surface area contributed by atoms with Crippen molar-refractivity contribution in [2.45, 2.75) is 25.8 Å². The molecule has 3 heterocycles. The molecule has 27 heavy (non-hydrogen) atoms. The molecule has 1 amide bonds. The first-order valence-corrected chi connectivity index (χ1v) is 9.57. The van der Waals surface area contributed by atoms with Gasteiger partial charge < -0.3 is 14.4 Å². The van der Waals surface area contributed by atoms with Gasteiger partial charge >= 0.3 is 0 Å². The maximum absolute atomic E-state index is 13.9. The number of piperidine rings is 1. The molecule has 1 aromatic heterocycles. The molecule has 0 saturated carbocycles. The van der Waals surface area contributed by atoms with Crippen molar-refractivity contribution < 1.29 is 18.7 Å². The van der Waals surface area contributed by atoms with Crippen LogP contribution in [0.1, 0.15) is 25.0 Å². The molecule has 1 spiro atoms. The summed E-state index contributed by atoms with van der Waals surface area (Å²) in [6, 6.07) is 10.3.